The summed E-state index contributed by atoms with van der Waals surface area (Å²) in [5.41, 5.74) is 8.80. The van der Waals surface area contributed by atoms with E-state index in [1.54, 1.807) is 13.8 Å². The molecule has 0 aliphatic carbocycles. The van der Waals surface area contributed by atoms with E-state index in [-0.39, 0.29) is 0 Å². The van der Waals surface area contributed by atoms with Crippen LogP contribution in [0.15, 0.2) is 0 Å². The van der Waals surface area contributed by atoms with Gasteiger partial charge in [0, 0.05) is 17.8 Å². The molecule has 24 heavy (non-hydrogen) atoms. The number of fused-ring (bicyclic) bond motifs is 2. The zero-order valence-electron chi connectivity index (χ0n) is 14.8. The van der Waals surface area contributed by atoms with Crippen LogP contribution in [0.3, 0.4) is 0 Å². The van der Waals surface area contributed by atoms with Gasteiger partial charge in [-0.3, -0.25) is 0 Å². The van der Waals surface area contributed by atoms with E-state index < -0.39 is 23.3 Å². The first kappa shape index (κ1) is 16.6. The molecule has 0 atom stereocenters. The third-order valence-corrected chi connectivity index (χ3v) is 4.73. The SMILES string of the molecule is Cc1c(N)c(C)c2c(c1CN(C)C)OC(C)(C)C21OC(=O)C(=O)O1. The topological polar surface area (TPSA) is 91.1 Å². The lowest BCUT2D eigenvalue weighted by Gasteiger charge is -2.32. The molecule has 2 aliphatic heterocycles. The van der Waals surface area contributed by atoms with Crippen molar-refractivity contribution in [3.8, 4) is 5.75 Å². The van der Waals surface area contributed by atoms with Crippen LogP contribution in [0.2, 0.25) is 0 Å². The van der Waals surface area contributed by atoms with Crippen LogP contribution in [0, 0.1) is 13.8 Å². The molecule has 0 saturated carbocycles. The summed E-state index contributed by atoms with van der Waals surface area (Å²) >= 11 is 0. The molecule has 7 nitrogen and oxygen atoms in total. The zero-order valence-corrected chi connectivity index (χ0v) is 14.8. The van der Waals surface area contributed by atoms with Gasteiger partial charge in [-0.15, -0.1) is 0 Å². The van der Waals surface area contributed by atoms with Crippen molar-refractivity contribution in [2.45, 2.75) is 45.6 Å². The van der Waals surface area contributed by atoms with Crippen molar-refractivity contribution in [2.75, 3.05) is 19.8 Å². The number of nitrogens with two attached hydrogens (primary N) is 1. The average Bonchev–Trinajstić information content (AvgIpc) is 2.88. The molecule has 1 aromatic carbocycles. The summed E-state index contributed by atoms with van der Waals surface area (Å²) in [5.74, 6) is -3.08. The van der Waals surface area contributed by atoms with Gasteiger partial charge in [0.05, 0.1) is 5.56 Å². The Labute approximate surface area is 140 Å². The van der Waals surface area contributed by atoms with Gasteiger partial charge in [-0.25, -0.2) is 9.59 Å². The number of rotatable bonds is 2. The summed E-state index contributed by atoms with van der Waals surface area (Å²) < 4.78 is 16.9. The zero-order chi connectivity index (χ0) is 18.0. The van der Waals surface area contributed by atoms with Gasteiger partial charge in [-0.05, 0) is 52.9 Å². The smallest absolute Gasteiger partial charge is 0.421 e. The highest BCUT2D eigenvalue weighted by molar-refractivity contribution is 6.31. The van der Waals surface area contributed by atoms with E-state index in [9.17, 15) is 9.59 Å². The second kappa shape index (κ2) is 4.86. The number of nitrogen functional groups attached to an aromatic ring is 1. The summed E-state index contributed by atoms with van der Waals surface area (Å²) in [6, 6.07) is 0. The summed E-state index contributed by atoms with van der Waals surface area (Å²) in [6.45, 7) is 7.78. The molecule has 0 amide bonds. The molecule has 1 spiro atoms. The monoisotopic (exact) mass is 334 g/mol. The minimum absolute atomic E-state index is 0.520. The van der Waals surface area contributed by atoms with Crippen molar-refractivity contribution in [3.05, 3.63) is 22.3 Å². The number of hydrogen-bond donors (Lipinski definition) is 1. The second-order valence-electron chi connectivity index (χ2n) is 7.09. The summed E-state index contributed by atoms with van der Waals surface area (Å²) in [4.78, 5) is 25.5. The maximum Gasteiger partial charge on any atom is 0.421 e. The highest BCUT2D eigenvalue weighted by Gasteiger charge is 2.67. The van der Waals surface area contributed by atoms with Crippen molar-refractivity contribution in [2.24, 2.45) is 0 Å². The highest BCUT2D eigenvalue weighted by atomic mass is 16.8. The normalized spacial score (nSPS) is 20.1. The van der Waals surface area contributed by atoms with Gasteiger partial charge in [-0.1, -0.05) is 0 Å². The number of nitrogens with zero attached hydrogens (tertiary/aromatic N) is 1. The molecule has 0 aromatic heterocycles. The summed E-state index contributed by atoms with van der Waals surface area (Å²) in [6.07, 6.45) is 0. The van der Waals surface area contributed by atoms with Crippen molar-refractivity contribution >= 4 is 17.6 Å². The number of carbonyl (C=O) groups is 2. The number of hydrogen-bond acceptors (Lipinski definition) is 7. The first-order chi connectivity index (χ1) is 11.0. The van der Waals surface area contributed by atoms with Crippen molar-refractivity contribution in [1.82, 2.24) is 4.90 Å². The predicted molar refractivity (Wildman–Crippen MR) is 86.3 cm³/mol. The van der Waals surface area contributed by atoms with Crippen molar-refractivity contribution < 1.29 is 23.8 Å². The Bertz CT molecular complexity index is 751. The van der Waals surface area contributed by atoms with Crippen molar-refractivity contribution in [3.63, 3.8) is 0 Å². The fourth-order valence-corrected chi connectivity index (χ4v) is 3.42. The summed E-state index contributed by atoms with van der Waals surface area (Å²) in [5, 5.41) is 0. The number of anilines is 1. The maximum atomic E-state index is 11.8. The Hall–Kier alpha value is -2.28. The molecule has 1 saturated heterocycles. The lowest BCUT2D eigenvalue weighted by molar-refractivity contribution is -0.234. The Morgan fingerprint density at radius 1 is 1.00 bits per heavy atom. The average molecular weight is 334 g/mol. The minimum atomic E-state index is -1.61. The van der Waals surface area contributed by atoms with Gasteiger partial charge < -0.3 is 24.8 Å². The number of esters is 2. The van der Waals surface area contributed by atoms with Gasteiger partial charge in [0.1, 0.15) is 5.75 Å². The van der Waals surface area contributed by atoms with Gasteiger partial charge in [0.25, 0.3) is 0 Å². The van der Waals surface area contributed by atoms with Gasteiger partial charge in [0.2, 0.25) is 0 Å². The quantitative estimate of drug-likeness (QED) is 0.496. The van der Waals surface area contributed by atoms with E-state index >= 15 is 0 Å². The summed E-state index contributed by atoms with van der Waals surface area (Å²) in [7, 11) is 3.88. The second-order valence-corrected chi connectivity index (χ2v) is 7.09. The number of benzene rings is 1. The molecule has 1 aromatic rings. The van der Waals surface area contributed by atoms with Crippen LogP contribution in [0.4, 0.5) is 5.69 Å². The Kier molecular flexibility index (Phi) is 3.36. The minimum Gasteiger partial charge on any atom is -0.478 e. The van der Waals surface area contributed by atoms with Crippen LogP contribution in [0.25, 0.3) is 0 Å². The Morgan fingerprint density at radius 3 is 2.04 bits per heavy atom. The molecule has 0 unspecified atom stereocenters. The molecule has 2 aliphatic rings. The van der Waals surface area contributed by atoms with E-state index in [0.29, 0.717) is 29.1 Å². The van der Waals surface area contributed by atoms with Gasteiger partial charge in [0.15, 0.2) is 5.60 Å². The molecule has 7 heteroatoms. The van der Waals surface area contributed by atoms with Gasteiger partial charge >= 0.3 is 17.7 Å². The molecule has 0 bridgehead atoms. The Morgan fingerprint density at radius 2 is 1.54 bits per heavy atom. The van der Waals surface area contributed by atoms with E-state index in [2.05, 4.69) is 0 Å². The van der Waals surface area contributed by atoms with E-state index in [4.69, 9.17) is 19.9 Å². The molecule has 2 N–H and O–H groups in total. The molecule has 3 rings (SSSR count). The molecule has 1 fully saturated rings. The lowest BCUT2D eigenvalue weighted by Crippen LogP contribution is -2.48. The van der Waals surface area contributed by atoms with Crippen LogP contribution in [-0.4, -0.2) is 36.5 Å². The van der Waals surface area contributed by atoms with Crippen LogP contribution in [-0.2, 0) is 31.4 Å². The largest absolute Gasteiger partial charge is 0.478 e. The van der Waals surface area contributed by atoms with Gasteiger partial charge in [-0.2, -0.15) is 0 Å². The lowest BCUT2D eigenvalue weighted by atomic mass is 9.86. The van der Waals surface area contributed by atoms with E-state index in [0.717, 1.165) is 11.1 Å². The van der Waals surface area contributed by atoms with Crippen LogP contribution >= 0.6 is 0 Å². The molecule has 2 heterocycles. The van der Waals surface area contributed by atoms with E-state index in [1.165, 1.54) is 0 Å². The molecule has 130 valence electrons. The highest BCUT2D eigenvalue weighted by Crippen LogP contribution is 2.57. The van der Waals surface area contributed by atoms with Crippen LogP contribution < -0.4 is 10.5 Å². The fraction of sp³-hybridized carbons (Fsp3) is 0.529. The third-order valence-electron chi connectivity index (χ3n) is 4.73. The number of ether oxygens (including phenoxy) is 3. The third kappa shape index (κ3) is 1.94. The molecular formula is C17H22N2O5. The van der Waals surface area contributed by atoms with E-state index in [1.807, 2.05) is 32.8 Å². The molecular weight excluding hydrogens is 312 g/mol. The fourth-order valence-electron chi connectivity index (χ4n) is 3.42. The maximum absolute atomic E-state index is 11.8. The Balaban J connectivity index is 2.33. The van der Waals surface area contributed by atoms with Crippen LogP contribution in [0.5, 0.6) is 5.75 Å². The van der Waals surface area contributed by atoms with Crippen molar-refractivity contribution in [1.29, 1.82) is 0 Å². The first-order valence-corrected chi connectivity index (χ1v) is 7.74. The standard InChI is InChI=1S/C17H22N2O5/c1-8-10(7-19(5)6)13-11(9(2)12(8)18)17(16(3,4)22-13)23-14(20)15(21)24-17/h7,18H2,1-6H3. The first-order valence-electron chi connectivity index (χ1n) is 7.74. The number of carbonyl (C=O) groups excluding carboxylic acids is 2. The predicted octanol–water partition coefficient (Wildman–Crippen LogP) is 1.37. The molecule has 0 radical (unpaired) electrons. The van der Waals surface area contributed by atoms with Crippen LogP contribution in [0.1, 0.15) is 36.1 Å².